The minimum absolute atomic E-state index is 0.401. The molecule has 0 unspecified atom stereocenters. The molecule has 2 nitrogen and oxygen atoms in total. The Morgan fingerprint density at radius 2 is 1.62 bits per heavy atom. The van der Waals surface area contributed by atoms with E-state index in [1.165, 1.54) is 24.0 Å². The van der Waals surface area contributed by atoms with Gasteiger partial charge < -0.3 is 5.11 Å². The van der Waals surface area contributed by atoms with E-state index < -0.39 is 5.60 Å². The van der Waals surface area contributed by atoms with Crippen LogP contribution in [0.1, 0.15) is 36.8 Å². The summed E-state index contributed by atoms with van der Waals surface area (Å²) in [5.74, 6) is 0. The van der Waals surface area contributed by atoms with Crippen molar-refractivity contribution in [1.82, 2.24) is 4.90 Å². The van der Waals surface area contributed by atoms with Crippen LogP contribution in [0.25, 0.3) is 0 Å². The third kappa shape index (κ3) is 1.87. The standard InChI is InChI=1S/C14H19NO/c16-14(7-3-4-8-14)11-15-9-12-5-1-2-6-13(12)10-15/h1-2,5-6,16H,3-4,7-11H2. The van der Waals surface area contributed by atoms with Crippen LogP contribution in [-0.4, -0.2) is 22.2 Å². The van der Waals surface area contributed by atoms with E-state index in [-0.39, 0.29) is 0 Å². The van der Waals surface area contributed by atoms with E-state index in [0.717, 1.165) is 32.5 Å². The Morgan fingerprint density at radius 1 is 1.06 bits per heavy atom. The smallest absolute Gasteiger partial charge is 0.0774 e. The van der Waals surface area contributed by atoms with Gasteiger partial charge in [-0.15, -0.1) is 0 Å². The van der Waals surface area contributed by atoms with Gasteiger partial charge in [0.15, 0.2) is 0 Å². The number of fused-ring (bicyclic) bond motifs is 1. The van der Waals surface area contributed by atoms with Crippen molar-refractivity contribution in [1.29, 1.82) is 0 Å². The van der Waals surface area contributed by atoms with Crippen molar-refractivity contribution < 1.29 is 5.11 Å². The van der Waals surface area contributed by atoms with Gasteiger partial charge in [0.1, 0.15) is 0 Å². The normalized spacial score (nSPS) is 23.6. The molecule has 86 valence electrons. The zero-order chi connectivity index (χ0) is 11.0. The molecule has 1 fully saturated rings. The van der Waals surface area contributed by atoms with Crippen LogP contribution in [0, 0.1) is 0 Å². The van der Waals surface area contributed by atoms with Crippen LogP contribution in [0.2, 0.25) is 0 Å². The lowest BCUT2D eigenvalue weighted by Crippen LogP contribution is -2.38. The van der Waals surface area contributed by atoms with Crippen LogP contribution < -0.4 is 0 Å². The van der Waals surface area contributed by atoms with Gasteiger partial charge in [-0.1, -0.05) is 37.1 Å². The van der Waals surface area contributed by atoms with Crippen molar-refractivity contribution in [2.45, 2.75) is 44.4 Å². The van der Waals surface area contributed by atoms with Crippen LogP contribution in [-0.2, 0) is 13.1 Å². The first-order valence-corrected chi connectivity index (χ1v) is 6.27. The number of aliphatic hydroxyl groups is 1. The highest BCUT2D eigenvalue weighted by molar-refractivity contribution is 5.30. The van der Waals surface area contributed by atoms with Crippen molar-refractivity contribution >= 4 is 0 Å². The molecular formula is C14H19NO. The average Bonchev–Trinajstić information content (AvgIpc) is 2.84. The number of nitrogens with zero attached hydrogens (tertiary/aromatic N) is 1. The molecule has 0 saturated heterocycles. The molecule has 0 spiro atoms. The van der Waals surface area contributed by atoms with Crippen LogP contribution in [0.4, 0.5) is 0 Å². The summed E-state index contributed by atoms with van der Waals surface area (Å²) in [6.45, 7) is 2.87. The Hall–Kier alpha value is -0.860. The fourth-order valence-corrected chi connectivity index (χ4v) is 3.12. The lowest BCUT2D eigenvalue weighted by molar-refractivity contribution is 0.00816. The number of β-amino-alcohol motifs (C(OH)–C–C–N with tert-alkyl or cyclic N) is 1. The molecule has 2 heteroatoms. The van der Waals surface area contributed by atoms with Gasteiger partial charge in [0.25, 0.3) is 0 Å². The molecule has 2 aliphatic rings. The van der Waals surface area contributed by atoms with Gasteiger partial charge in [-0.2, -0.15) is 0 Å². The largest absolute Gasteiger partial charge is 0.389 e. The first-order valence-electron chi connectivity index (χ1n) is 6.27. The first kappa shape index (κ1) is 10.3. The summed E-state index contributed by atoms with van der Waals surface area (Å²) < 4.78 is 0. The van der Waals surface area contributed by atoms with Gasteiger partial charge in [0.05, 0.1) is 5.60 Å². The lowest BCUT2D eigenvalue weighted by atomic mass is 10.0. The average molecular weight is 217 g/mol. The summed E-state index contributed by atoms with van der Waals surface area (Å²) in [5.41, 5.74) is 2.47. The topological polar surface area (TPSA) is 23.5 Å². The monoisotopic (exact) mass is 217 g/mol. The Kier molecular flexibility index (Phi) is 2.49. The second kappa shape index (κ2) is 3.86. The highest BCUT2D eigenvalue weighted by Gasteiger charge is 2.34. The van der Waals surface area contributed by atoms with E-state index in [9.17, 15) is 5.11 Å². The maximum absolute atomic E-state index is 10.4. The molecule has 0 amide bonds. The number of hydrogen-bond acceptors (Lipinski definition) is 2. The van der Waals surface area contributed by atoms with E-state index >= 15 is 0 Å². The predicted octanol–water partition coefficient (Wildman–Crippen LogP) is 2.31. The molecule has 1 saturated carbocycles. The molecule has 16 heavy (non-hydrogen) atoms. The second-order valence-electron chi connectivity index (χ2n) is 5.35. The van der Waals surface area contributed by atoms with Crippen molar-refractivity contribution in [3.05, 3.63) is 35.4 Å². The molecule has 3 rings (SSSR count). The predicted molar refractivity (Wildman–Crippen MR) is 64.0 cm³/mol. The van der Waals surface area contributed by atoms with Crippen LogP contribution in [0.15, 0.2) is 24.3 Å². The summed E-state index contributed by atoms with van der Waals surface area (Å²) >= 11 is 0. The number of benzene rings is 1. The quantitative estimate of drug-likeness (QED) is 0.821. The third-order valence-corrected chi connectivity index (χ3v) is 3.96. The molecule has 0 bridgehead atoms. The zero-order valence-electron chi connectivity index (χ0n) is 9.65. The highest BCUT2D eigenvalue weighted by Crippen LogP contribution is 2.32. The van der Waals surface area contributed by atoms with Crippen LogP contribution >= 0.6 is 0 Å². The Balaban J connectivity index is 1.68. The summed E-state index contributed by atoms with van der Waals surface area (Å²) in [4.78, 5) is 2.38. The third-order valence-electron chi connectivity index (χ3n) is 3.96. The summed E-state index contributed by atoms with van der Waals surface area (Å²) in [7, 11) is 0. The lowest BCUT2D eigenvalue weighted by Gasteiger charge is -2.28. The fourth-order valence-electron chi connectivity index (χ4n) is 3.12. The van der Waals surface area contributed by atoms with Gasteiger partial charge >= 0.3 is 0 Å². The van der Waals surface area contributed by atoms with Gasteiger partial charge in [-0.25, -0.2) is 0 Å². The van der Waals surface area contributed by atoms with Crippen LogP contribution in [0.3, 0.4) is 0 Å². The Labute approximate surface area is 96.9 Å². The number of hydrogen-bond donors (Lipinski definition) is 1. The van der Waals surface area contributed by atoms with Gasteiger partial charge in [0.2, 0.25) is 0 Å². The van der Waals surface area contributed by atoms with E-state index in [1.807, 2.05) is 0 Å². The zero-order valence-corrected chi connectivity index (χ0v) is 9.65. The van der Waals surface area contributed by atoms with Gasteiger partial charge in [0, 0.05) is 19.6 Å². The van der Waals surface area contributed by atoms with E-state index in [4.69, 9.17) is 0 Å². The van der Waals surface area contributed by atoms with Crippen molar-refractivity contribution in [2.24, 2.45) is 0 Å². The SMILES string of the molecule is OC1(CN2Cc3ccccc3C2)CCCC1. The fraction of sp³-hybridized carbons (Fsp3) is 0.571. The van der Waals surface area contributed by atoms with Gasteiger partial charge in [-0.3, -0.25) is 4.90 Å². The molecule has 1 aliphatic carbocycles. The van der Waals surface area contributed by atoms with Crippen molar-refractivity contribution in [3.8, 4) is 0 Å². The molecule has 1 aliphatic heterocycles. The Bertz CT molecular complexity index is 357. The summed E-state index contributed by atoms with van der Waals surface area (Å²) in [6.07, 6.45) is 4.36. The van der Waals surface area contributed by atoms with Crippen molar-refractivity contribution in [2.75, 3.05) is 6.54 Å². The maximum Gasteiger partial charge on any atom is 0.0774 e. The van der Waals surface area contributed by atoms with Crippen molar-refractivity contribution in [3.63, 3.8) is 0 Å². The molecule has 1 aromatic carbocycles. The highest BCUT2D eigenvalue weighted by atomic mass is 16.3. The van der Waals surface area contributed by atoms with Crippen LogP contribution in [0.5, 0.6) is 0 Å². The maximum atomic E-state index is 10.4. The molecule has 1 heterocycles. The molecule has 1 aromatic rings. The molecule has 1 N–H and O–H groups in total. The minimum atomic E-state index is -0.401. The summed E-state index contributed by atoms with van der Waals surface area (Å²) in [6, 6.07) is 8.61. The Morgan fingerprint density at radius 3 is 2.19 bits per heavy atom. The van der Waals surface area contributed by atoms with E-state index in [0.29, 0.717) is 0 Å². The summed E-state index contributed by atoms with van der Waals surface area (Å²) in [5, 5.41) is 10.4. The number of rotatable bonds is 2. The second-order valence-corrected chi connectivity index (χ2v) is 5.35. The molecule has 0 atom stereocenters. The minimum Gasteiger partial charge on any atom is -0.389 e. The van der Waals surface area contributed by atoms with E-state index in [1.54, 1.807) is 0 Å². The molecular weight excluding hydrogens is 198 g/mol. The molecule has 0 aromatic heterocycles. The van der Waals surface area contributed by atoms with E-state index in [2.05, 4.69) is 29.2 Å². The van der Waals surface area contributed by atoms with Gasteiger partial charge in [-0.05, 0) is 24.0 Å². The molecule has 0 radical (unpaired) electrons. The first-order chi connectivity index (χ1) is 7.75.